The van der Waals surface area contributed by atoms with Gasteiger partial charge in [-0.15, -0.1) is 0 Å². The Hall–Kier alpha value is -2.92. The molecule has 0 radical (unpaired) electrons. The van der Waals surface area contributed by atoms with Gasteiger partial charge >= 0.3 is 0 Å². The van der Waals surface area contributed by atoms with Crippen LogP contribution < -0.4 is 10.7 Å². The number of nitrogens with zero attached hydrogens (tertiary/aromatic N) is 1. The molecule has 122 valence electrons. The van der Waals surface area contributed by atoms with Gasteiger partial charge in [0.15, 0.2) is 0 Å². The summed E-state index contributed by atoms with van der Waals surface area (Å²) < 4.78 is 0. The summed E-state index contributed by atoms with van der Waals surface area (Å²) in [5, 5.41) is 6.58. The van der Waals surface area contributed by atoms with Crippen molar-refractivity contribution >= 4 is 35.7 Å². The molecule has 2 rings (SSSR count). The maximum atomic E-state index is 11.9. The Balaban J connectivity index is 1.73. The van der Waals surface area contributed by atoms with Crippen molar-refractivity contribution in [3.63, 3.8) is 0 Å². The van der Waals surface area contributed by atoms with E-state index in [-0.39, 0.29) is 6.54 Å². The number of benzene rings is 2. The third-order valence-electron chi connectivity index (χ3n) is 2.97. The van der Waals surface area contributed by atoms with E-state index < -0.39 is 11.8 Å². The fourth-order valence-corrected chi connectivity index (χ4v) is 2.03. The summed E-state index contributed by atoms with van der Waals surface area (Å²) in [6, 6.07) is 16.3. The maximum Gasteiger partial charge on any atom is 0.259 e. The van der Waals surface area contributed by atoms with Crippen LogP contribution in [0.25, 0.3) is 6.08 Å². The number of hydrazone groups is 1. The van der Waals surface area contributed by atoms with Crippen LogP contribution in [-0.2, 0) is 4.79 Å². The molecule has 2 aromatic rings. The minimum atomic E-state index is -0.431. The molecule has 24 heavy (non-hydrogen) atoms. The summed E-state index contributed by atoms with van der Waals surface area (Å²) >= 11 is 5.91. The van der Waals surface area contributed by atoms with E-state index in [2.05, 4.69) is 15.8 Å². The lowest BCUT2D eigenvalue weighted by Crippen LogP contribution is -2.35. The summed E-state index contributed by atoms with van der Waals surface area (Å²) in [6.07, 6.45) is 5.02. The molecule has 0 spiro atoms. The Kier molecular flexibility index (Phi) is 6.73. The highest BCUT2D eigenvalue weighted by Gasteiger charge is 2.10. The van der Waals surface area contributed by atoms with Gasteiger partial charge in [0, 0.05) is 6.21 Å². The molecule has 0 aromatic heterocycles. The molecular weight excluding hydrogens is 326 g/mol. The molecule has 2 aromatic carbocycles. The van der Waals surface area contributed by atoms with Crippen LogP contribution in [0.3, 0.4) is 0 Å². The third-order valence-corrected chi connectivity index (χ3v) is 3.30. The van der Waals surface area contributed by atoms with Crippen LogP contribution in [0.1, 0.15) is 15.9 Å². The molecule has 2 amide bonds. The molecule has 0 heterocycles. The van der Waals surface area contributed by atoms with Gasteiger partial charge in [0.25, 0.3) is 11.8 Å². The Morgan fingerprint density at radius 3 is 2.50 bits per heavy atom. The lowest BCUT2D eigenvalue weighted by Gasteiger charge is -2.05. The van der Waals surface area contributed by atoms with E-state index >= 15 is 0 Å². The normalized spacial score (nSPS) is 10.9. The number of carbonyl (C=O) groups excluding carboxylic acids is 2. The van der Waals surface area contributed by atoms with Crippen molar-refractivity contribution in [2.45, 2.75) is 0 Å². The molecule has 0 aliphatic rings. The molecule has 0 saturated carbocycles. The molecular formula is C18H16ClN3O2. The molecule has 6 heteroatoms. The van der Waals surface area contributed by atoms with Gasteiger partial charge in [-0.05, 0) is 23.8 Å². The molecule has 5 nitrogen and oxygen atoms in total. The van der Waals surface area contributed by atoms with Gasteiger partial charge < -0.3 is 5.32 Å². The predicted molar refractivity (Wildman–Crippen MR) is 95.9 cm³/mol. The monoisotopic (exact) mass is 341 g/mol. The number of hydrogen-bond acceptors (Lipinski definition) is 3. The summed E-state index contributed by atoms with van der Waals surface area (Å²) in [6.45, 7) is -0.191. The topological polar surface area (TPSA) is 70.6 Å². The van der Waals surface area contributed by atoms with Gasteiger partial charge in [-0.2, -0.15) is 5.10 Å². The van der Waals surface area contributed by atoms with Crippen molar-refractivity contribution in [3.05, 3.63) is 76.8 Å². The standard InChI is InChI=1S/C18H16ClN3O2/c19-16-11-5-4-10-15(16)18(24)20-13-17(23)22-21-12-6-9-14-7-2-1-3-8-14/h1-12H,13H2,(H,20,24)(H,22,23)/b9-6+,21-12+. The first-order valence-electron chi connectivity index (χ1n) is 7.23. The van der Waals surface area contributed by atoms with E-state index in [1.807, 2.05) is 36.4 Å². The maximum absolute atomic E-state index is 11.9. The van der Waals surface area contributed by atoms with E-state index in [0.717, 1.165) is 5.56 Å². The van der Waals surface area contributed by atoms with Gasteiger partial charge in [0.05, 0.1) is 17.1 Å². The van der Waals surface area contributed by atoms with E-state index in [4.69, 9.17) is 11.6 Å². The van der Waals surface area contributed by atoms with Crippen molar-refractivity contribution < 1.29 is 9.59 Å². The van der Waals surface area contributed by atoms with Gasteiger partial charge in [0.1, 0.15) is 0 Å². The number of allylic oxidation sites excluding steroid dienone is 1. The van der Waals surface area contributed by atoms with Crippen LogP contribution in [-0.4, -0.2) is 24.6 Å². The molecule has 0 bridgehead atoms. The zero-order chi connectivity index (χ0) is 17.2. The molecule has 2 N–H and O–H groups in total. The van der Waals surface area contributed by atoms with E-state index in [0.29, 0.717) is 10.6 Å². The number of nitrogens with one attached hydrogen (secondary N) is 2. The van der Waals surface area contributed by atoms with Gasteiger partial charge in [-0.1, -0.05) is 60.1 Å². The Morgan fingerprint density at radius 1 is 1.04 bits per heavy atom. The van der Waals surface area contributed by atoms with Crippen LogP contribution in [0.2, 0.25) is 5.02 Å². The SMILES string of the molecule is O=C(CNC(=O)c1ccccc1Cl)N/N=C/C=C/c1ccccc1. The lowest BCUT2D eigenvalue weighted by atomic mass is 10.2. The van der Waals surface area contributed by atoms with Crippen molar-refractivity contribution in [1.82, 2.24) is 10.7 Å². The van der Waals surface area contributed by atoms with Crippen molar-refractivity contribution in [2.75, 3.05) is 6.54 Å². The van der Waals surface area contributed by atoms with Crippen LogP contribution in [0.4, 0.5) is 0 Å². The molecule has 0 saturated heterocycles. The predicted octanol–water partition coefficient (Wildman–Crippen LogP) is 2.89. The third kappa shape index (κ3) is 5.70. The molecule has 0 unspecified atom stereocenters. The fourth-order valence-electron chi connectivity index (χ4n) is 1.81. The average molecular weight is 342 g/mol. The Labute approximate surface area is 145 Å². The zero-order valence-electron chi connectivity index (χ0n) is 12.8. The minimum absolute atomic E-state index is 0.191. The number of carbonyl (C=O) groups is 2. The summed E-state index contributed by atoms with van der Waals surface area (Å²) in [4.78, 5) is 23.5. The minimum Gasteiger partial charge on any atom is -0.343 e. The van der Waals surface area contributed by atoms with Gasteiger partial charge in [0.2, 0.25) is 0 Å². The average Bonchev–Trinajstić information content (AvgIpc) is 2.60. The van der Waals surface area contributed by atoms with Crippen molar-refractivity contribution in [3.8, 4) is 0 Å². The summed E-state index contributed by atoms with van der Waals surface area (Å²) in [7, 11) is 0. The second-order valence-corrected chi connectivity index (χ2v) is 5.15. The molecule has 0 fully saturated rings. The highest BCUT2D eigenvalue weighted by atomic mass is 35.5. The van der Waals surface area contributed by atoms with Crippen LogP contribution >= 0.6 is 11.6 Å². The number of halogens is 1. The van der Waals surface area contributed by atoms with Gasteiger partial charge in [-0.25, -0.2) is 5.43 Å². The van der Waals surface area contributed by atoms with Crippen LogP contribution in [0.5, 0.6) is 0 Å². The second kappa shape index (κ2) is 9.27. The van der Waals surface area contributed by atoms with E-state index in [1.165, 1.54) is 6.21 Å². The summed E-state index contributed by atoms with van der Waals surface area (Å²) in [5.74, 6) is -0.844. The first-order valence-corrected chi connectivity index (χ1v) is 7.61. The number of hydrogen-bond donors (Lipinski definition) is 2. The Bertz CT molecular complexity index is 758. The number of rotatable bonds is 6. The Morgan fingerprint density at radius 2 is 1.75 bits per heavy atom. The fraction of sp³-hybridized carbons (Fsp3) is 0.0556. The van der Waals surface area contributed by atoms with Crippen LogP contribution in [0.15, 0.2) is 65.8 Å². The first-order chi connectivity index (χ1) is 11.7. The van der Waals surface area contributed by atoms with E-state index in [1.54, 1.807) is 30.3 Å². The molecule has 0 aliphatic carbocycles. The van der Waals surface area contributed by atoms with Crippen LogP contribution in [0, 0.1) is 0 Å². The van der Waals surface area contributed by atoms with Crippen molar-refractivity contribution in [1.29, 1.82) is 0 Å². The van der Waals surface area contributed by atoms with Gasteiger partial charge in [-0.3, -0.25) is 9.59 Å². The number of amides is 2. The highest BCUT2D eigenvalue weighted by Crippen LogP contribution is 2.14. The summed E-state index contributed by atoms with van der Waals surface area (Å²) in [5.41, 5.74) is 3.67. The quantitative estimate of drug-likeness (QED) is 0.626. The highest BCUT2D eigenvalue weighted by molar-refractivity contribution is 6.33. The lowest BCUT2D eigenvalue weighted by molar-refractivity contribution is -0.120. The molecule has 0 aliphatic heterocycles. The second-order valence-electron chi connectivity index (χ2n) is 4.75. The van der Waals surface area contributed by atoms with Crippen molar-refractivity contribution in [2.24, 2.45) is 5.10 Å². The first kappa shape index (κ1) is 17.4. The smallest absolute Gasteiger partial charge is 0.259 e. The zero-order valence-corrected chi connectivity index (χ0v) is 13.5. The van der Waals surface area contributed by atoms with E-state index in [9.17, 15) is 9.59 Å². The molecule has 0 atom stereocenters. The largest absolute Gasteiger partial charge is 0.343 e.